The van der Waals surface area contributed by atoms with E-state index in [1.54, 1.807) is 31.2 Å². The van der Waals surface area contributed by atoms with Crippen molar-refractivity contribution in [1.29, 1.82) is 0 Å². The number of aliphatic hydroxyl groups is 1. The van der Waals surface area contributed by atoms with Crippen molar-refractivity contribution in [3.8, 4) is 11.4 Å². The number of benzene rings is 2. The molecule has 1 fully saturated rings. The molecule has 1 aliphatic heterocycles. The number of rotatable bonds is 10. The predicted molar refractivity (Wildman–Crippen MR) is 141 cm³/mol. The molecule has 2 heterocycles. The Kier molecular flexibility index (Phi) is 7.78. The Labute approximate surface area is 233 Å². The quantitative estimate of drug-likeness (QED) is 0.317. The average molecular weight is 575 g/mol. The number of nitrogens with zero attached hydrogens (tertiary/aromatic N) is 2. The molecule has 5 rings (SSSR count). The zero-order valence-corrected chi connectivity index (χ0v) is 22.4. The number of aliphatic hydroxyl groups excluding tert-OH is 1. The number of ether oxygens (including phenoxy) is 1. The van der Waals surface area contributed by atoms with Crippen molar-refractivity contribution in [3.63, 3.8) is 0 Å². The first-order valence-corrected chi connectivity index (χ1v) is 13.3. The van der Waals surface area contributed by atoms with Crippen molar-refractivity contribution in [3.05, 3.63) is 76.4 Å². The van der Waals surface area contributed by atoms with Crippen LogP contribution in [0.25, 0.3) is 5.69 Å². The van der Waals surface area contributed by atoms with E-state index in [0.717, 1.165) is 18.4 Å². The van der Waals surface area contributed by atoms with Gasteiger partial charge >= 0.3 is 6.18 Å². The van der Waals surface area contributed by atoms with Crippen molar-refractivity contribution >= 4 is 11.8 Å². The maximum atomic E-state index is 14.5. The van der Waals surface area contributed by atoms with Crippen LogP contribution >= 0.6 is 0 Å². The Hall–Kier alpha value is -3.93. The molecular weight excluding hydrogens is 544 g/mol. The lowest BCUT2D eigenvalue weighted by atomic mass is 9.95. The highest BCUT2D eigenvalue weighted by molar-refractivity contribution is 6.08. The second kappa shape index (κ2) is 11.2. The van der Waals surface area contributed by atoms with Crippen LogP contribution in [0.1, 0.15) is 56.9 Å². The molecule has 218 valence electrons. The highest BCUT2D eigenvalue weighted by Gasteiger charge is 2.43. The van der Waals surface area contributed by atoms with E-state index in [2.05, 4.69) is 15.7 Å². The summed E-state index contributed by atoms with van der Waals surface area (Å²) in [4.78, 5) is 26.7. The number of hydrogen-bond donors (Lipinski definition) is 3. The third-order valence-electron chi connectivity index (χ3n) is 7.57. The molecule has 0 spiro atoms. The minimum absolute atomic E-state index is 0.0116. The molecule has 2 aliphatic rings. The molecule has 41 heavy (non-hydrogen) atoms. The Morgan fingerprint density at radius 3 is 2.71 bits per heavy atom. The van der Waals surface area contributed by atoms with Gasteiger partial charge in [0.15, 0.2) is 6.61 Å². The molecule has 1 aromatic heterocycles. The van der Waals surface area contributed by atoms with Crippen molar-refractivity contribution in [2.24, 2.45) is 5.41 Å². The number of carbonyl (C=O) groups excluding carboxylic acids is 2. The van der Waals surface area contributed by atoms with E-state index in [0.29, 0.717) is 30.5 Å². The normalized spacial score (nSPS) is 17.5. The van der Waals surface area contributed by atoms with Gasteiger partial charge in [0, 0.05) is 24.4 Å². The summed E-state index contributed by atoms with van der Waals surface area (Å²) in [6, 6.07) is 10.4. The van der Waals surface area contributed by atoms with Crippen molar-refractivity contribution in [2.45, 2.75) is 51.2 Å². The number of alkyl halides is 3. The number of fused-ring (bicyclic) bond motifs is 1. The van der Waals surface area contributed by atoms with E-state index in [4.69, 9.17) is 4.74 Å². The lowest BCUT2D eigenvalue weighted by Crippen LogP contribution is -2.42. The molecule has 1 atom stereocenters. The fraction of sp³-hybridized carbons (Fsp3) is 0.414. The Morgan fingerprint density at radius 1 is 1.24 bits per heavy atom. The number of hydrogen-bond acceptors (Lipinski definition) is 5. The van der Waals surface area contributed by atoms with Gasteiger partial charge in [-0.05, 0) is 68.0 Å². The molecule has 2 aromatic carbocycles. The van der Waals surface area contributed by atoms with Gasteiger partial charge in [-0.25, -0.2) is 9.07 Å². The Bertz CT molecular complexity index is 1470. The molecule has 0 saturated heterocycles. The minimum Gasteiger partial charge on any atom is -0.484 e. The summed E-state index contributed by atoms with van der Waals surface area (Å²) in [6.45, 7) is 0.400. The summed E-state index contributed by atoms with van der Waals surface area (Å²) in [7, 11) is 0. The molecule has 3 N–H and O–H groups in total. The predicted octanol–water partition coefficient (Wildman–Crippen LogP) is 4.05. The van der Waals surface area contributed by atoms with Gasteiger partial charge in [0.1, 0.15) is 17.3 Å². The van der Waals surface area contributed by atoms with Gasteiger partial charge in [0.2, 0.25) is 0 Å². The zero-order chi connectivity index (χ0) is 29.4. The van der Waals surface area contributed by atoms with Crippen molar-refractivity contribution in [2.75, 3.05) is 19.8 Å². The van der Waals surface area contributed by atoms with Crippen LogP contribution in [-0.4, -0.2) is 58.7 Å². The smallest absolute Gasteiger partial charge is 0.422 e. The van der Waals surface area contributed by atoms with E-state index in [1.807, 2.05) is 0 Å². The number of amides is 2. The standard InChI is InChI=1S/C29H30F4N4O4/c1-17-5-8-20(13-22(17)30)37-25(27(40)34-14-28(15-38)9-10-28)24-23(36-37)12-19(35-26(24)39)7-6-18-3-2-4-21(11-18)41-16-29(31,32)33/h2-5,8,11,13,19,38H,6-7,9-10,12,14-16H2,1H3,(H,34,40)(H,35,39). The number of nitrogens with one attached hydrogen (secondary N) is 2. The molecule has 0 bridgehead atoms. The van der Waals surface area contributed by atoms with Crippen LogP contribution in [0, 0.1) is 18.2 Å². The van der Waals surface area contributed by atoms with Gasteiger partial charge in [0.25, 0.3) is 11.8 Å². The van der Waals surface area contributed by atoms with E-state index >= 15 is 0 Å². The van der Waals surface area contributed by atoms with Crippen LogP contribution in [0.5, 0.6) is 5.75 Å². The summed E-state index contributed by atoms with van der Waals surface area (Å²) in [5, 5.41) is 19.9. The van der Waals surface area contributed by atoms with Crippen LogP contribution in [0.3, 0.4) is 0 Å². The highest BCUT2D eigenvalue weighted by atomic mass is 19.4. The molecule has 1 aliphatic carbocycles. The SMILES string of the molecule is Cc1ccc(-n2nc3c(c2C(=O)NCC2(CO)CC2)C(=O)NC(CCc2cccc(OCC(F)(F)F)c2)C3)cc1F. The summed E-state index contributed by atoms with van der Waals surface area (Å²) in [5.41, 5.74) is 1.56. The maximum Gasteiger partial charge on any atom is 0.422 e. The molecule has 1 saturated carbocycles. The van der Waals surface area contributed by atoms with Gasteiger partial charge in [-0.15, -0.1) is 0 Å². The van der Waals surface area contributed by atoms with Crippen LogP contribution in [-0.2, 0) is 12.8 Å². The summed E-state index contributed by atoms with van der Waals surface area (Å²) in [6.07, 6.45) is -1.67. The van der Waals surface area contributed by atoms with E-state index in [-0.39, 0.29) is 47.3 Å². The van der Waals surface area contributed by atoms with Gasteiger partial charge in [-0.1, -0.05) is 18.2 Å². The first-order valence-electron chi connectivity index (χ1n) is 13.3. The van der Waals surface area contributed by atoms with Crippen LogP contribution in [0.2, 0.25) is 0 Å². The van der Waals surface area contributed by atoms with Crippen molar-refractivity contribution < 1.29 is 37.0 Å². The van der Waals surface area contributed by atoms with E-state index in [9.17, 15) is 32.3 Å². The van der Waals surface area contributed by atoms with E-state index < -0.39 is 30.4 Å². The Balaban J connectivity index is 1.36. The number of aryl methyl sites for hydroxylation is 2. The first-order chi connectivity index (χ1) is 19.5. The third-order valence-corrected chi connectivity index (χ3v) is 7.57. The van der Waals surface area contributed by atoms with E-state index in [1.165, 1.54) is 22.9 Å². The van der Waals surface area contributed by atoms with Crippen LogP contribution in [0.15, 0.2) is 42.5 Å². The van der Waals surface area contributed by atoms with Gasteiger partial charge in [-0.3, -0.25) is 9.59 Å². The fourth-order valence-electron chi connectivity index (χ4n) is 4.89. The largest absolute Gasteiger partial charge is 0.484 e. The number of carbonyl (C=O) groups is 2. The summed E-state index contributed by atoms with van der Waals surface area (Å²) < 4.78 is 58.1. The van der Waals surface area contributed by atoms with Crippen LogP contribution < -0.4 is 15.4 Å². The molecule has 12 heteroatoms. The minimum atomic E-state index is -4.44. The second-order valence-corrected chi connectivity index (χ2v) is 10.8. The lowest BCUT2D eigenvalue weighted by molar-refractivity contribution is -0.153. The fourth-order valence-corrected chi connectivity index (χ4v) is 4.89. The molecule has 8 nitrogen and oxygen atoms in total. The molecule has 0 radical (unpaired) electrons. The monoisotopic (exact) mass is 574 g/mol. The van der Waals surface area contributed by atoms with Crippen molar-refractivity contribution in [1.82, 2.24) is 20.4 Å². The second-order valence-electron chi connectivity index (χ2n) is 10.8. The average Bonchev–Trinajstić information content (AvgIpc) is 3.62. The molecule has 3 aromatic rings. The number of aromatic nitrogens is 2. The lowest BCUT2D eigenvalue weighted by Gasteiger charge is -2.23. The molecule has 2 amide bonds. The summed E-state index contributed by atoms with van der Waals surface area (Å²) >= 11 is 0. The van der Waals surface area contributed by atoms with Gasteiger partial charge in [-0.2, -0.15) is 18.3 Å². The van der Waals surface area contributed by atoms with Gasteiger partial charge < -0.3 is 20.5 Å². The highest BCUT2D eigenvalue weighted by Crippen LogP contribution is 2.44. The molecule has 1 unspecified atom stereocenters. The number of halogens is 4. The zero-order valence-electron chi connectivity index (χ0n) is 22.4. The maximum absolute atomic E-state index is 14.5. The Morgan fingerprint density at radius 2 is 2.02 bits per heavy atom. The summed E-state index contributed by atoms with van der Waals surface area (Å²) in [5.74, 6) is -1.43. The van der Waals surface area contributed by atoms with Gasteiger partial charge in [0.05, 0.1) is 23.6 Å². The first kappa shape index (κ1) is 28.6. The topological polar surface area (TPSA) is 105 Å². The third kappa shape index (κ3) is 6.53. The van der Waals surface area contributed by atoms with Crippen LogP contribution in [0.4, 0.5) is 17.6 Å². The molecular formula is C29H30F4N4O4.